The number of Topliss-reactive ketones (excluding diaryl/α,β-unsaturated/α-hetero) is 1. The van der Waals surface area contributed by atoms with Crippen molar-refractivity contribution in [2.24, 2.45) is 5.92 Å². The molecular weight excluding hydrogens is 268 g/mol. The van der Waals surface area contributed by atoms with Crippen molar-refractivity contribution in [3.05, 3.63) is 0 Å². The molecule has 1 aliphatic rings. The van der Waals surface area contributed by atoms with Crippen LogP contribution in [0.1, 0.15) is 33.1 Å². The fourth-order valence-corrected chi connectivity index (χ4v) is 3.81. The summed E-state index contributed by atoms with van der Waals surface area (Å²) < 4.78 is 22.2. The topological polar surface area (TPSA) is 51.2 Å². The van der Waals surface area contributed by atoms with Crippen molar-refractivity contribution in [3.63, 3.8) is 0 Å². The lowest BCUT2D eigenvalue weighted by Gasteiger charge is -2.23. The summed E-state index contributed by atoms with van der Waals surface area (Å²) in [5.41, 5.74) is 0. The Hall–Kier alpha value is 0.1000. The second-order valence-corrected chi connectivity index (χ2v) is 8.01. The van der Waals surface area contributed by atoms with Crippen molar-refractivity contribution in [1.82, 2.24) is 0 Å². The van der Waals surface area contributed by atoms with E-state index in [0.29, 0.717) is 6.42 Å². The Morgan fingerprint density at radius 3 is 2.21 bits per heavy atom. The third-order valence-electron chi connectivity index (χ3n) is 2.64. The zero-order valence-electron chi connectivity index (χ0n) is 8.42. The number of carbonyl (C=O) groups excluding carboxylic acids is 1. The average molecular weight is 283 g/mol. The van der Waals surface area contributed by atoms with Crippen molar-refractivity contribution in [2.75, 3.05) is 5.75 Å². The van der Waals surface area contributed by atoms with Gasteiger partial charge in [0.15, 0.2) is 19.3 Å². The van der Waals surface area contributed by atoms with Gasteiger partial charge in [-0.1, -0.05) is 29.8 Å². The quantitative estimate of drug-likeness (QED) is 0.724. The summed E-state index contributed by atoms with van der Waals surface area (Å²) in [5.74, 6) is -0.178. The van der Waals surface area contributed by atoms with E-state index in [1.54, 1.807) is 13.8 Å². The summed E-state index contributed by atoms with van der Waals surface area (Å²) in [6, 6.07) is 0. The first-order valence-electron chi connectivity index (χ1n) is 4.84. The van der Waals surface area contributed by atoms with Gasteiger partial charge in [-0.2, -0.15) is 0 Å². The molecule has 14 heavy (non-hydrogen) atoms. The van der Waals surface area contributed by atoms with Gasteiger partial charge in [0, 0.05) is 11.7 Å². The van der Waals surface area contributed by atoms with Crippen LogP contribution in [0.5, 0.6) is 0 Å². The van der Waals surface area contributed by atoms with Gasteiger partial charge in [0.2, 0.25) is 0 Å². The predicted octanol–water partition coefficient (Wildman–Crippen LogP) is 1.90. The number of carbonyl (C=O) groups is 1. The molecule has 3 nitrogen and oxygen atoms in total. The van der Waals surface area contributed by atoms with E-state index in [1.165, 1.54) is 0 Å². The summed E-state index contributed by atoms with van der Waals surface area (Å²) >= 11 is 3.13. The van der Waals surface area contributed by atoms with Crippen LogP contribution in [-0.2, 0) is 14.6 Å². The van der Waals surface area contributed by atoms with Gasteiger partial charge in [0.1, 0.15) is 0 Å². The first kappa shape index (κ1) is 12.2. The minimum atomic E-state index is -3.35. The molecule has 0 spiro atoms. The van der Waals surface area contributed by atoms with Crippen molar-refractivity contribution in [2.45, 2.75) is 36.8 Å². The molecule has 0 aliphatic heterocycles. The highest BCUT2D eigenvalue weighted by atomic mass is 79.9. The lowest BCUT2D eigenvalue weighted by atomic mass is 10.1. The lowest BCUT2D eigenvalue weighted by Crippen LogP contribution is -2.42. The van der Waals surface area contributed by atoms with Gasteiger partial charge >= 0.3 is 0 Å². The highest BCUT2D eigenvalue weighted by Gasteiger charge is 2.50. The van der Waals surface area contributed by atoms with Crippen LogP contribution in [0.3, 0.4) is 0 Å². The molecule has 5 heteroatoms. The fraction of sp³-hybridized carbons (Fsp3) is 0.889. The Morgan fingerprint density at radius 1 is 1.43 bits per heavy atom. The first-order chi connectivity index (χ1) is 6.39. The average Bonchev–Trinajstić information content (AvgIpc) is 2.98. The van der Waals surface area contributed by atoms with E-state index >= 15 is 0 Å². The maximum atomic E-state index is 11.8. The molecule has 1 fully saturated rings. The van der Waals surface area contributed by atoms with Crippen LogP contribution >= 0.6 is 15.9 Å². The van der Waals surface area contributed by atoms with E-state index in [9.17, 15) is 13.2 Å². The largest absolute Gasteiger partial charge is 0.297 e. The molecule has 1 atom stereocenters. The van der Waals surface area contributed by atoms with Crippen molar-refractivity contribution >= 4 is 31.6 Å². The van der Waals surface area contributed by atoms with Crippen molar-refractivity contribution in [1.29, 1.82) is 0 Å². The molecule has 0 aromatic heterocycles. The van der Waals surface area contributed by atoms with E-state index in [0.717, 1.165) is 12.8 Å². The maximum Gasteiger partial charge on any atom is 0.184 e. The summed E-state index contributed by atoms with van der Waals surface area (Å²) in [7, 11) is -3.35. The number of halogens is 1. The number of hydrogen-bond donors (Lipinski definition) is 0. The van der Waals surface area contributed by atoms with Crippen molar-refractivity contribution < 1.29 is 13.2 Å². The lowest BCUT2D eigenvalue weighted by molar-refractivity contribution is -0.120. The zero-order valence-corrected chi connectivity index (χ0v) is 10.8. The van der Waals surface area contributed by atoms with Gasteiger partial charge in [-0.25, -0.2) is 8.42 Å². The summed E-state index contributed by atoms with van der Waals surface area (Å²) in [5, 5.41) is 0. The molecular formula is C9H15BrO3S. The van der Waals surface area contributed by atoms with Crippen LogP contribution < -0.4 is 0 Å². The Balaban J connectivity index is 3.01. The number of hydrogen-bond acceptors (Lipinski definition) is 3. The third-order valence-corrected chi connectivity index (χ3v) is 7.31. The Morgan fingerprint density at radius 2 is 1.93 bits per heavy atom. The molecule has 0 amide bonds. The number of sulfone groups is 1. The van der Waals surface area contributed by atoms with Crippen LogP contribution in [0.15, 0.2) is 0 Å². The van der Waals surface area contributed by atoms with Crippen LogP contribution in [0, 0.1) is 5.92 Å². The van der Waals surface area contributed by atoms with Crippen LogP contribution in [0.2, 0.25) is 0 Å². The summed E-state index contributed by atoms with van der Waals surface area (Å²) in [6.07, 6.45) is 1.98. The molecule has 0 radical (unpaired) electrons. The van der Waals surface area contributed by atoms with E-state index < -0.39 is 13.5 Å². The van der Waals surface area contributed by atoms with Gasteiger partial charge in [0.25, 0.3) is 0 Å². The molecule has 1 saturated carbocycles. The van der Waals surface area contributed by atoms with E-state index in [1.807, 2.05) is 0 Å². The van der Waals surface area contributed by atoms with Crippen molar-refractivity contribution in [3.8, 4) is 0 Å². The Kier molecular flexibility index (Phi) is 3.41. The molecule has 0 heterocycles. The zero-order chi connectivity index (χ0) is 11.0. The molecule has 0 saturated heterocycles. The van der Waals surface area contributed by atoms with Gasteiger partial charge in [-0.3, -0.25) is 4.79 Å². The van der Waals surface area contributed by atoms with Gasteiger partial charge in [-0.15, -0.1) is 0 Å². The summed E-state index contributed by atoms with van der Waals surface area (Å²) in [4.78, 5) is 11.8. The fourth-order valence-electron chi connectivity index (χ4n) is 1.43. The number of ketones is 1. The SMILES string of the molecule is CC[C@@](Br)(C(=O)C1CC1)S(=O)(=O)CC. The molecule has 82 valence electrons. The molecule has 0 N–H and O–H groups in total. The minimum absolute atomic E-state index is 0.00451. The highest BCUT2D eigenvalue weighted by Crippen LogP contribution is 2.41. The molecule has 1 rings (SSSR count). The monoisotopic (exact) mass is 282 g/mol. The molecule has 1 aliphatic carbocycles. The van der Waals surface area contributed by atoms with E-state index in [-0.39, 0.29) is 17.5 Å². The van der Waals surface area contributed by atoms with Crippen LogP contribution in [0.4, 0.5) is 0 Å². The summed E-state index contributed by atoms with van der Waals surface area (Å²) in [6.45, 7) is 3.30. The van der Waals surface area contributed by atoms with Gasteiger partial charge < -0.3 is 0 Å². The molecule has 0 aromatic rings. The second-order valence-electron chi connectivity index (χ2n) is 3.62. The minimum Gasteiger partial charge on any atom is -0.297 e. The van der Waals surface area contributed by atoms with Crippen LogP contribution in [0.25, 0.3) is 0 Å². The Bertz CT molecular complexity index is 332. The third kappa shape index (κ3) is 1.89. The van der Waals surface area contributed by atoms with Crippen LogP contribution in [-0.4, -0.2) is 23.6 Å². The Labute approximate surface area is 93.3 Å². The molecule has 0 aromatic carbocycles. The molecule has 0 unspecified atom stereocenters. The van der Waals surface area contributed by atoms with E-state index in [2.05, 4.69) is 15.9 Å². The second kappa shape index (κ2) is 3.93. The first-order valence-corrected chi connectivity index (χ1v) is 7.29. The molecule has 0 bridgehead atoms. The standard InChI is InChI=1S/C9H15BrO3S/c1-3-9(10,14(12,13)4-2)8(11)7-5-6-7/h7H,3-6H2,1-2H3/t9-/m0/s1. The number of alkyl halides is 1. The smallest absolute Gasteiger partial charge is 0.184 e. The normalized spacial score (nSPS) is 21.6. The van der Waals surface area contributed by atoms with Gasteiger partial charge in [0.05, 0.1) is 0 Å². The van der Waals surface area contributed by atoms with E-state index in [4.69, 9.17) is 0 Å². The highest BCUT2D eigenvalue weighted by molar-refractivity contribution is 9.12. The number of rotatable bonds is 5. The maximum absolute atomic E-state index is 11.8. The predicted molar refractivity (Wildman–Crippen MR) is 59.1 cm³/mol. The van der Waals surface area contributed by atoms with Gasteiger partial charge in [-0.05, 0) is 19.3 Å².